The second kappa shape index (κ2) is 6.36. The van der Waals surface area contributed by atoms with Crippen LogP contribution in [0.3, 0.4) is 0 Å². The molecule has 2 heterocycles. The Morgan fingerprint density at radius 2 is 2.26 bits per heavy atom. The van der Waals surface area contributed by atoms with Gasteiger partial charge < -0.3 is 10.2 Å². The predicted octanol–water partition coefficient (Wildman–Crippen LogP) is 2.88. The number of fused-ring (bicyclic) bond motifs is 1. The molecule has 1 N–H and O–H groups in total. The summed E-state index contributed by atoms with van der Waals surface area (Å²) >= 11 is 0. The predicted molar refractivity (Wildman–Crippen MR) is 90.1 cm³/mol. The Bertz CT molecular complexity index is 757. The molecule has 1 saturated heterocycles. The van der Waals surface area contributed by atoms with Gasteiger partial charge in [0.15, 0.2) is 0 Å². The summed E-state index contributed by atoms with van der Waals surface area (Å²) < 4.78 is 0. The Morgan fingerprint density at radius 3 is 2.96 bits per heavy atom. The zero-order valence-corrected chi connectivity index (χ0v) is 13.5. The highest BCUT2D eigenvalue weighted by Crippen LogP contribution is 2.24. The molecular weight excluding hydrogens is 290 g/mol. The Morgan fingerprint density at radius 1 is 1.43 bits per heavy atom. The number of hydrogen-bond acceptors (Lipinski definition) is 3. The normalized spacial score (nSPS) is 15.9. The van der Waals surface area contributed by atoms with Crippen LogP contribution in [0.4, 0.5) is 5.69 Å². The lowest BCUT2D eigenvalue weighted by molar-refractivity contribution is -0.135. The van der Waals surface area contributed by atoms with Gasteiger partial charge in [0.25, 0.3) is 0 Å². The van der Waals surface area contributed by atoms with Gasteiger partial charge in [-0.1, -0.05) is 13.0 Å². The first-order valence-electron chi connectivity index (χ1n) is 8.06. The molecule has 0 aliphatic carbocycles. The number of nitrogens with one attached hydrogen (secondary N) is 1. The lowest BCUT2D eigenvalue weighted by atomic mass is 10.1. The van der Waals surface area contributed by atoms with Crippen molar-refractivity contribution in [2.24, 2.45) is 0 Å². The van der Waals surface area contributed by atoms with Gasteiger partial charge >= 0.3 is 0 Å². The van der Waals surface area contributed by atoms with Crippen LogP contribution < -0.4 is 5.32 Å². The monoisotopic (exact) mass is 311 g/mol. The summed E-state index contributed by atoms with van der Waals surface area (Å²) in [6, 6.07) is 7.41. The maximum atomic E-state index is 12.7. The van der Waals surface area contributed by atoms with E-state index in [9.17, 15) is 9.59 Å². The average Bonchev–Trinajstić information content (AvgIpc) is 2.94. The highest BCUT2D eigenvalue weighted by Gasteiger charge is 2.31. The standard InChI is InChI=1S/C18H21N3O2/c1-3-15(21-9-5-7-16(21)22)18(23)20-14-11-12(2)10-13-6-4-8-19-17(13)14/h4,6,8,10-11,15H,3,5,7,9H2,1-2H3,(H,20,23)/t15-/m0/s1. The van der Waals surface area contributed by atoms with E-state index in [0.29, 0.717) is 25.1 Å². The van der Waals surface area contributed by atoms with Crippen LogP contribution in [0.1, 0.15) is 31.7 Å². The van der Waals surface area contributed by atoms with E-state index < -0.39 is 6.04 Å². The number of aromatic nitrogens is 1. The molecule has 23 heavy (non-hydrogen) atoms. The molecular formula is C18H21N3O2. The largest absolute Gasteiger partial charge is 0.331 e. The van der Waals surface area contributed by atoms with Gasteiger partial charge in [0.05, 0.1) is 11.2 Å². The van der Waals surface area contributed by atoms with Crippen molar-refractivity contribution in [1.82, 2.24) is 9.88 Å². The summed E-state index contributed by atoms with van der Waals surface area (Å²) in [4.78, 5) is 30.7. The number of rotatable bonds is 4. The summed E-state index contributed by atoms with van der Waals surface area (Å²) in [5.74, 6) is -0.0699. The van der Waals surface area contributed by atoms with Crippen molar-refractivity contribution in [1.29, 1.82) is 0 Å². The number of anilines is 1. The van der Waals surface area contributed by atoms with Crippen LogP contribution in [0.2, 0.25) is 0 Å². The van der Waals surface area contributed by atoms with E-state index in [0.717, 1.165) is 22.9 Å². The van der Waals surface area contributed by atoms with E-state index in [1.54, 1.807) is 11.1 Å². The number of carbonyl (C=O) groups is 2. The molecule has 5 nitrogen and oxygen atoms in total. The van der Waals surface area contributed by atoms with Gasteiger partial charge in [-0.05, 0) is 43.5 Å². The molecule has 5 heteroatoms. The first kappa shape index (κ1) is 15.5. The number of amides is 2. The van der Waals surface area contributed by atoms with Gasteiger partial charge in [0.2, 0.25) is 11.8 Å². The lowest BCUT2D eigenvalue weighted by Crippen LogP contribution is -2.44. The molecule has 1 aromatic heterocycles. The highest BCUT2D eigenvalue weighted by atomic mass is 16.2. The Hall–Kier alpha value is -2.43. The summed E-state index contributed by atoms with van der Waals surface area (Å²) in [7, 11) is 0. The third kappa shape index (κ3) is 3.04. The van der Waals surface area contributed by atoms with Gasteiger partial charge in [-0.25, -0.2) is 0 Å². The zero-order valence-electron chi connectivity index (χ0n) is 13.5. The molecule has 1 aliphatic heterocycles. The Kier molecular flexibility index (Phi) is 4.28. The number of aryl methyl sites for hydroxylation is 1. The maximum absolute atomic E-state index is 12.7. The lowest BCUT2D eigenvalue weighted by Gasteiger charge is -2.26. The Labute approximate surface area is 135 Å². The summed E-state index contributed by atoms with van der Waals surface area (Å²) in [5, 5.41) is 3.97. The molecule has 120 valence electrons. The highest BCUT2D eigenvalue weighted by molar-refractivity contribution is 6.03. The van der Waals surface area contributed by atoms with Crippen molar-refractivity contribution in [2.45, 2.75) is 39.2 Å². The van der Waals surface area contributed by atoms with E-state index >= 15 is 0 Å². The van der Waals surface area contributed by atoms with E-state index in [1.165, 1.54) is 0 Å². The van der Waals surface area contributed by atoms with Crippen LogP contribution in [0.15, 0.2) is 30.5 Å². The molecule has 0 bridgehead atoms. The van der Waals surface area contributed by atoms with Crippen LogP contribution in [-0.4, -0.2) is 34.3 Å². The summed E-state index contributed by atoms with van der Waals surface area (Å²) in [5.41, 5.74) is 2.54. The van der Waals surface area contributed by atoms with Crippen LogP contribution in [0.25, 0.3) is 10.9 Å². The maximum Gasteiger partial charge on any atom is 0.247 e. The molecule has 0 spiro atoms. The van der Waals surface area contributed by atoms with Crippen LogP contribution in [0.5, 0.6) is 0 Å². The number of benzene rings is 1. The van der Waals surface area contributed by atoms with E-state index in [4.69, 9.17) is 0 Å². The third-order valence-electron chi connectivity index (χ3n) is 4.28. The second-order valence-corrected chi connectivity index (χ2v) is 5.99. The van der Waals surface area contributed by atoms with Crippen LogP contribution in [0, 0.1) is 6.92 Å². The number of nitrogens with zero attached hydrogens (tertiary/aromatic N) is 2. The van der Waals surface area contributed by atoms with Gasteiger partial charge in [0, 0.05) is 24.5 Å². The zero-order chi connectivity index (χ0) is 16.4. The molecule has 0 radical (unpaired) electrons. The SMILES string of the molecule is CC[C@@H](C(=O)Nc1cc(C)cc2cccnc12)N1CCCC1=O. The molecule has 1 atom stereocenters. The van der Waals surface area contributed by atoms with Crippen molar-refractivity contribution in [3.05, 3.63) is 36.0 Å². The molecule has 0 unspecified atom stereocenters. The number of hydrogen-bond donors (Lipinski definition) is 1. The smallest absolute Gasteiger partial charge is 0.247 e. The molecule has 1 fully saturated rings. The molecule has 0 saturated carbocycles. The molecule has 2 amide bonds. The van der Waals surface area contributed by atoms with Crippen molar-refractivity contribution in [3.8, 4) is 0 Å². The quantitative estimate of drug-likeness (QED) is 0.944. The number of pyridine rings is 1. The second-order valence-electron chi connectivity index (χ2n) is 5.99. The topological polar surface area (TPSA) is 62.3 Å². The van der Waals surface area contributed by atoms with E-state index in [-0.39, 0.29) is 11.8 Å². The summed E-state index contributed by atoms with van der Waals surface area (Å²) in [6.07, 6.45) is 3.69. The van der Waals surface area contributed by atoms with Crippen molar-refractivity contribution in [2.75, 3.05) is 11.9 Å². The van der Waals surface area contributed by atoms with Crippen molar-refractivity contribution >= 4 is 28.4 Å². The summed E-state index contributed by atoms with van der Waals surface area (Å²) in [6.45, 7) is 4.59. The molecule has 3 rings (SSSR count). The fourth-order valence-electron chi connectivity index (χ4n) is 3.20. The first-order valence-corrected chi connectivity index (χ1v) is 8.06. The van der Waals surface area contributed by atoms with Crippen molar-refractivity contribution < 1.29 is 9.59 Å². The van der Waals surface area contributed by atoms with E-state index in [2.05, 4.69) is 10.3 Å². The minimum Gasteiger partial charge on any atom is -0.331 e. The fraction of sp³-hybridized carbons (Fsp3) is 0.389. The minimum absolute atomic E-state index is 0.0687. The number of likely N-dealkylation sites (tertiary alicyclic amines) is 1. The fourth-order valence-corrected chi connectivity index (χ4v) is 3.20. The molecule has 1 aliphatic rings. The van der Waals surface area contributed by atoms with E-state index in [1.807, 2.05) is 38.1 Å². The Balaban J connectivity index is 1.88. The third-order valence-corrected chi connectivity index (χ3v) is 4.28. The minimum atomic E-state index is -0.413. The van der Waals surface area contributed by atoms with Gasteiger partial charge in [-0.3, -0.25) is 14.6 Å². The molecule has 1 aromatic carbocycles. The number of carbonyl (C=O) groups excluding carboxylic acids is 2. The van der Waals surface area contributed by atoms with Gasteiger partial charge in [-0.15, -0.1) is 0 Å². The van der Waals surface area contributed by atoms with Gasteiger partial charge in [-0.2, -0.15) is 0 Å². The molecule has 2 aromatic rings. The van der Waals surface area contributed by atoms with Crippen LogP contribution >= 0.6 is 0 Å². The van der Waals surface area contributed by atoms with Crippen molar-refractivity contribution in [3.63, 3.8) is 0 Å². The average molecular weight is 311 g/mol. The first-order chi connectivity index (χ1) is 11.1. The van der Waals surface area contributed by atoms with Crippen LogP contribution in [-0.2, 0) is 9.59 Å². The van der Waals surface area contributed by atoms with Gasteiger partial charge in [0.1, 0.15) is 6.04 Å².